The summed E-state index contributed by atoms with van der Waals surface area (Å²) in [6.07, 6.45) is 4.46. The number of nitrogens with zero attached hydrogens (tertiary/aromatic N) is 3. The Morgan fingerprint density at radius 2 is 2.00 bits per heavy atom. The summed E-state index contributed by atoms with van der Waals surface area (Å²) in [5, 5.41) is 3.05. The summed E-state index contributed by atoms with van der Waals surface area (Å²) < 4.78 is 0. The Morgan fingerprint density at radius 1 is 1.21 bits per heavy atom. The van der Waals surface area contributed by atoms with Crippen LogP contribution in [-0.2, 0) is 17.6 Å². The SMILES string of the molecule is Cc1nc(C)c(CC(=O)NC2CCCc3nc(-c4ccccc4)ncc32)c(=O)[nH]1. The molecule has 1 aliphatic rings. The minimum Gasteiger partial charge on any atom is -0.349 e. The smallest absolute Gasteiger partial charge is 0.254 e. The Kier molecular flexibility index (Phi) is 5.20. The van der Waals surface area contributed by atoms with Gasteiger partial charge in [0, 0.05) is 34.3 Å². The van der Waals surface area contributed by atoms with Crippen LogP contribution in [0.2, 0.25) is 0 Å². The number of aromatic amines is 1. The third-order valence-corrected chi connectivity index (χ3v) is 5.23. The highest BCUT2D eigenvalue weighted by Crippen LogP contribution is 2.29. The van der Waals surface area contributed by atoms with Crippen molar-refractivity contribution in [3.63, 3.8) is 0 Å². The zero-order valence-corrected chi connectivity index (χ0v) is 16.5. The van der Waals surface area contributed by atoms with Gasteiger partial charge >= 0.3 is 0 Å². The van der Waals surface area contributed by atoms with Crippen LogP contribution in [0.25, 0.3) is 11.4 Å². The number of carbonyl (C=O) groups is 1. The van der Waals surface area contributed by atoms with Crippen molar-refractivity contribution in [3.8, 4) is 11.4 Å². The zero-order valence-electron chi connectivity index (χ0n) is 16.5. The molecule has 2 N–H and O–H groups in total. The molecule has 0 fully saturated rings. The molecule has 2 aromatic heterocycles. The highest BCUT2D eigenvalue weighted by molar-refractivity contribution is 5.79. The molecule has 1 aliphatic carbocycles. The van der Waals surface area contributed by atoms with Crippen molar-refractivity contribution in [2.45, 2.75) is 45.6 Å². The molecule has 2 heterocycles. The number of hydrogen-bond acceptors (Lipinski definition) is 5. The Balaban J connectivity index is 1.53. The molecular formula is C22H23N5O2. The summed E-state index contributed by atoms with van der Waals surface area (Å²) in [4.78, 5) is 41.0. The van der Waals surface area contributed by atoms with Gasteiger partial charge in [-0.05, 0) is 33.1 Å². The Bertz CT molecular complexity index is 1110. The van der Waals surface area contributed by atoms with Gasteiger partial charge in [-0.1, -0.05) is 30.3 Å². The molecule has 1 atom stereocenters. The van der Waals surface area contributed by atoms with Gasteiger partial charge in [0.2, 0.25) is 5.91 Å². The average molecular weight is 389 g/mol. The average Bonchev–Trinajstić information content (AvgIpc) is 2.71. The number of fused-ring (bicyclic) bond motifs is 1. The van der Waals surface area contributed by atoms with Crippen molar-refractivity contribution in [1.82, 2.24) is 25.3 Å². The summed E-state index contributed by atoms with van der Waals surface area (Å²) >= 11 is 0. The van der Waals surface area contributed by atoms with Crippen molar-refractivity contribution < 1.29 is 4.79 Å². The van der Waals surface area contributed by atoms with E-state index in [0.29, 0.717) is 22.9 Å². The lowest BCUT2D eigenvalue weighted by atomic mass is 9.92. The van der Waals surface area contributed by atoms with Crippen molar-refractivity contribution in [3.05, 3.63) is 75.2 Å². The van der Waals surface area contributed by atoms with Crippen LogP contribution < -0.4 is 10.9 Å². The quantitative estimate of drug-likeness (QED) is 0.714. The summed E-state index contributed by atoms with van der Waals surface area (Å²) in [6, 6.07) is 9.71. The highest BCUT2D eigenvalue weighted by atomic mass is 16.2. The van der Waals surface area contributed by atoms with Crippen LogP contribution in [0.4, 0.5) is 0 Å². The molecule has 1 unspecified atom stereocenters. The maximum atomic E-state index is 12.6. The second kappa shape index (κ2) is 7.95. The first-order valence-electron chi connectivity index (χ1n) is 9.78. The van der Waals surface area contributed by atoms with Crippen molar-refractivity contribution in [2.24, 2.45) is 0 Å². The van der Waals surface area contributed by atoms with Gasteiger partial charge in [-0.25, -0.2) is 15.0 Å². The fraction of sp³-hybridized carbons (Fsp3) is 0.318. The summed E-state index contributed by atoms with van der Waals surface area (Å²) in [5.41, 5.74) is 3.63. The van der Waals surface area contributed by atoms with Gasteiger partial charge in [0.15, 0.2) is 5.82 Å². The molecule has 7 nitrogen and oxygen atoms in total. The predicted octanol–water partition coefficient (Wildman–Crippen LogP) is 2.58. The van der Waals surface area contributed by atoms with Gasteiger partial charge in [0.25, 0.3) is 5.56 Å². The van der Waals surface area contributed by atoms with Gasteiger partial charge in [0.05, 0.1) is 12.5 Å². The third kappa shape index (κ3) is 4.08. The predicted molar refractivity (Wildman–Crippen MR) is 109 cm³/mol. The molecule has 3 aromatic rings. The van der Waals surface area contributed by atoms with Gasteiger partial charge < -0.3 is 10.3 Å². The maximum Gasteiger partial charge on any atom is 0.254 e. The maximum absolute atomic E-state index is 12.6. The van der Waals surface area contributed by atoms with E-state index in [-0.39, 0.29) is 23.9 Å². The Morgan fingerprint density at radius 3 is 2.76 bits per heavy atom. The number of hydrogen-bond donors (Lipinski definition) is 2. The minimum atomic E-state index is -0.259. The number of carbonyl (C=O) groups excluding carboxylic acids is 1. The normalized spacial score (nSPS) is 15.6. The van der Waals surface area contributed by atoms with E-state index in [1.807, 2.05) is 36.5 Å². The topological polar surface area (TPSA) is 101 Å². The Labute approximate surface area is 168 Å². The molecule has 4 rings (SSSR count). The first kappa shape index (κ1) is 19.0. The number of nitrogens with one attached hydrogen (secondary N) is 2. The summed E-state index contributed by atoms with van der Waals surface area (Å²) in [6.45, 7) is 3.47. The van der Waals surface area contributed by atoms with E-state index >= 15 is 0 Å². The van der Waals surface area contributed by atoms with E-state index in [2.05, 4.69) is 20.3 Å². The summed E-state index contributed by atoms with van der Waals surface area (Å²) in [7, 11) is 0. The number of aryl methyl sites for hydroxylation is 3. The van der Waals surface area contributed by atoms with E-state index in [4.69, 9.17) is 4.98 Å². The first-order valence-corrected chi connectivity index (χ1v) is 9.78. The molecule has 148 valence electrons. The van der Waals surface area contributed by atoms with Gasteiger partial charge in [0.1, 0.15) is 5.82 Å². The van der Waals surface area contributed by atoms with Crippen molar-refractivity contribution in [2.75, 3.05) is 0 Å². The van der Waals surface area contributed by atoms with Crippen LogP contribution in [0.1, 0.15) is 47.2 Å². The summed E-state index contributed by atoms with van der Waals surface area (Å²) in [5.74, 6) is 1.04. The highest BCUT2D eigenvalue weighted by Gasteiger charge is 2.24. The lowest BCUT2D eigenvalue weighted by molar-refractivity contribution is -0.121. The van der Waals surface area contributed by atoms with Gasteiger partial charge in [-0.15, -0.1) is 0 Å². The van der Waals surface area contributed by atoms with Gasteiger partial charge in [-0.2, -0.15) is 0 Å². The molecule has 1 amide bonds. The molecule has 0 aliphatic heterocycles. The molecule has 1 aromatic carbocycles. The van der Waals surface area contributed by atoms with Crippen LogP contribution in [0.3, 0.4) is 0 Å². The molecule has 0 saturated heterocycles. The molecule has 0 spiro atoms. The molecule has 0 bridgehead atoms. The number of aromatic nitrogens is 4. The first-order chi connectivity index (χ1) is 14.0. The molecule has 29 heavy (non-hydrogen) atoms. The van der Waals surface area contributed by atoms with E-state index in [0.717, 1.165) is 36.1 Å². The molecule has 7 heteroatoms. The third-order valence-electron chi connectivity index (χ3n) is 5.23. The largest absolute Gasteiger partial charge is 0.349 e. The Hall–Kier alpha value is -3.35. The fourth-order valence-electron chi connectivity index (χ4n) is 3.79. The van der Waals surface area contributed by atoms with Crippen LogP contribution in [0.15, 0.2) is 41.3 Å². The minimum absolute atomic E-state index is 0.00321. The van der Waals surface area contributed by atoms with Crippen LogP contribution in [0, 0.1) is 13.8 Å². The standard InChI is InChI=1S/C22H23N5O2/c1-13-16(22(29)25-14(2)24-13)11-20(28)26-18-9-6-10-19-17(18)12-23-21(27-19)15-7-4-3-5-8-15/h3-5,7-8,12,18H,6,9-11H2,1-2H3,(H,26,28)(H,24,25,29). The second-order valence-electron chi connectivity index (χ2n) is 7.37. The molecule has 0 radical (unpaired) electrons. The van der Waals surface area contributed by atoms with Crippen LogP contribution in [-0.4, -0.2) is 25.8 Å². The van der Waals surface area contributed by atoms with Crippen molar-refractivity contribution in [1.29, 1.82) is 0 Å². The molecular weight excluding hydrogens is 366 g/mol. The molecule has 0 saturated carbocycles. The van der Waals surface area contributed by atoms with E-state index in [1.54, 1.807) is 13.8 Å². The fourth-order valence-corrected chi connectivity index (χ4v) is 3.79. The van der Waals surface area contributed by atoms with E-state index in [9.17, 15) is 9.59 Å². The zero-order chi connectivity index (χ0) is 20.4. The number of benzene rings is 1. The number of rotatable bonds is 4. The van der Waals surface area contributed by atoms with Crippen molar-refractivity contribution >= 4 is 5.91 Å². The van der Waals surface area contributed by atoms with E-state index in [1.165, 1.54) is 0 Å². The number of amides is 1. The van der Waals surface area contributed by atoms with Gasteiger partial charge in [-0.3, -0.25) is 9.59 Å². The number of H-pyrrole nitrogens is 1. The lowest BCUT2D eigenvalue weighted by Crippen LogP contribution is -2.34. The lowest BCUT2D eigenvalue weighted by Gasteiger charge is -2.25. The monoisotopic (exact) mass is 389 g/mol. The van der Waals surface area contributed by atoms with Crippen LogP contribution >= 0.6 is 0 Å². The second-order valence-corrected chi connectivity index (χ2v) is 7.37. The van der Waals surface area contributed by atoms with E-state index < -0.39 is 0 Å². The van der Waals surface area contributed by atoms with Crippen LogP contribution in [0.5, 0.6) is 0 Å².